The Morgan fingerprint density at radius 1 is 1.29 bits per heavy atom. The van der Waals surface area contributed by atoms with Gasteiger partial charge in [0.05, 0.1) is 45.9 Å². The monoisotopic (exact) mass is 239 g/mol. The maximum absolute atomic E-state index is 11.6. The second kappa shape index (κ2) is 6.45. The van der Waals surface area contributed by atoms with E-state index < -0.39 is 0 Å². The standard InChI is InChI=1S/C13H23N2O2/c1-4-9-15(10-5-2)11-7-14(8-12-15)13(16)17-6-3/h4-5H,1-2,6-12H2,3H3/q+1. The first-order valence-corrected chi connectivity index (χ1v) is 6.16. The van der Waals surface area contributed by atoms with Gasteiger partial charge in [-0.1, -0.05) is 13.2 Å². The van der Waals surface area contributed by atoms with Crippen LogP contribution >= 0.6 is 0 Å². The predicted molar refractivity (Wildman–Crippen MR) is 68.7 cm³/mol. The molecule has 0 spiro atoms. The molecule has 0 bridgehead atoms. The fraction of sp³-hybridized carbons (Fsp3) is 0.615. The number of hydrogen-bond donors (Lipinski definition) is 0. The first kappa shape index (κ1) is 13.8. The second-order valence-electron chi connectivity index (χ2n) is 4.42. The average Bonchev–Trinajstić information content (AvgIpc) is 2.31. The molecule has 1 aliphatic rings. The average molecular weight is 239 g/mol. The van der Waals surface area contributed by atoms with E-state index in [2.05, 4.69) is 13.2 Å². The van der Waals surface area contributed by atoms with Gasteiger partial charge in [0.25, 0.3) is 0 Å². The van der Waals surface area contributed by atoms with Crippen molar-refractivity contribution in [2.75, 3.05) is 45.9 Å². The number of hydrogen-bond acceptors (Lipinski definition) is 2. The molecule has 0 saturated carbocycles. The lowest BCUT2D eigenvalue weighted by Crippen LogP contribution is -2.60. The molecule has 0 aromatic rings. The predicted octanol–water partition coefficient (Wildman–Crippen LogP) is 1.65. The van der Waals surface area contributed by atoms with Crippen molar-refractivity contribution < 1.29 is 14.0 Å². The molecule has 17 heavy (non-hydrogen) atoms. The van der Waals surface area contributed by atoms with Gasteiger partial charge in [-0.05, 0) is 19.1 Å². The van der Waals surface area contributed by atoms with Crippen molar-refractivity contribution in [2.45, 2.75) is 6.92 Å². The zero-order valence-corrected chi connectivity index (χ0v) is 10.7. The van der Waals surface area contributed by atoms with Crippen LogP contribution < -0.4 is 0 Å². The van der Waals surface area contributed by atoms with Gasteiger partial charge in [-0.2, -0.15) is 0 Å². The number of nitrogens with zero attached hydrogens (tertiary/aromatic N) is 2. The lowest BCUT2D eigenvalue weighted by Gasteiger charge is -2.43. The van der Waals surface area contributed by atoms with E-state index in [-0.39, 0.29) is 6.09 Å². The summed E-state index contributed by atoms with van der Waals surface area (Å²) < 4.78 is 5.96. The van der Waals surface area contributed by atoms with E-state index in [1.807, 2.05) is 19.1 Å². The SMILES string of the molecule is C=CC[N+]1(CC=C)CCN(C(=O)OCC)CC1. The van der Waals surface area contributed by atoms with Crippen molar-refractivity contribution in [3.05, 3.63) is 25.3 Å². The normalized spacial score (nSPS) is 18.5. The highest BCUT2D eigenvalue weighted by atomic mass is 16.6. The molecule has 0 aromatic carbocycles. The van der Waals surface area contributed by atoms with Crippen molar-refractivity contribution in [3.63, 3.8) is 0 Å². The van der Waals surface area contributed by atoms with Gasteiger partial charge in [-0.15, -0.1) is 0 Å². The summed E-state index contributed by atoms with van der Waals surface area (Å²) in [5.41, 5.74) is 0. The number of carbonyl (C=O) groups is 1. The summed E-state index contributed by atoms with van der Waals surface area (Å²) in [5, 5.41) is 0. The van der Waals surface area contributed by atoms with Gasteiger partial charge in [-0.25, -0.2) is 4.79 Å². The molecular weight excluding hydrogens is 216 g/mol. The Morgan fingerprint density at radius 2 is 1.82 bits per heavy atom. The first-order valence-electron chi connectivity index (χ1n) is 6.16. The van der Waals surface area contributed by atoms with Crippen LogP contribution in [0.2, 0.25) is 0 Å². The number of rotatable bonds is 5. The smallest absolute Gasteiger partial charge is 0.410 e. The van der Waals surface area contributed by atoms with Crippen LogP contribution in [0, 0.1) is 0 Å². The molecule has 0 N–H and O–H groups in total. The van der Waals surface area contributed by atoms with E-state index in [1.54, 1.807) is 4.90 Å². The summed E-state index contributed by atoms with van der Waals surface area (Å²) in [7, 11) is 0. The zero-order valence-electron chi connectivity index (χ0n) is 10.7. The summed E-state index contributed by atoms with van der Waals surface area (Å²) in [4.78, 5) is 13.4. The molecule has 1 amide bonds. The van der Waals surface area contributed by atoms with Gasteiger partial charge < -0.3 is 9.22 Å². The molecule has 4 heteroatoms. The Bertz CT molecular complexity index is 269. The van der Waals surface area contributed by atoms with Crippen molar-refractivity contribution in [2.24, 2.45) is 0 Å². The van der Waals surface area contributed by atoms with Gasteiger partial charge in [0.1, 0.15) is 0 Å². The van der Waals surface area contributed by atoms with E-state index in [0.717, 1.165) is 43.8 Å². The molecule has 0 aliphatic carbocycles. The van der Waals surface area contributed by atoms with Crippen molar-refractivity contribution >= 4 is 6.09 Å². The van der Waals surface area contributed by atoms with E-state index in [0.29, 0.717) is 6.61 Å². The van der Waals surface area contributed by atoms with Crippen LogP contribution in [0.4, 0.5) is 4.79 Å². The van der Waals surface area contributed by atoms with Crippen molar-refractivity contribution in [3.8, 4) is 0 Å². The highest BCUT2D eigenvalue weighted by Crippen LogP contribution is 2.14. The number of quaternary nitrogens is 1. The summed E-state index contributed by atoms with van der Waals surface area (Å²) >= 11 is 0. The summed E-state index contributed by atoms with van der Waals surface area (Å²) in [5.74, 6) is 0. The fourth-order valence-electron chi connectivity index (χ4n) is 2.27. The Kier molecular flexibility index (Phi) is 5.22. The van der Waals surface area contributed by atoms with E-state index >= 15 is 0 Å². The Balaban J connectivity index is 2.54. The van der Waals surface area contributed by atoms with Crippen molar-refractivity contribution in [1.82, 2.24) is 4.90 Å². The Labute approximate surface area is 104 Å². The van der Waals surface area contributed by atoms with Crippen LogP contribution in [0.3, 0.4) is 0 Å². The van der Waals surface area contributed by atoms with Gasteiger partial charge in [0.15, 0.2) is 0 Å². The second-order valence-corrected chi connectivity index (χ2v) is 4.42. The number of amides is 1. The lowest BCUT2D eigenvalue weighted by molar-refractivity contribution is -0.920. The zero-order chi connectivity index (χ0) is 12.7. The molecule has 0 aromatic heterocycles. The highest BCUT2D eigenvalue weighted by molar-refractivity contribution is 5.67. The van der Waals surface area contributed by atoms with Crippen LogP contribution in [0.25, 0.3) is 0 Å². The minimum atomic E-state index is -0.192. The maximum atomic E-state index is 11.6. The quantitative estimate of drug-likeness (QED) is 0.539. The number of piperazine rings is 1. The van der Waals surface area contributed by atoms with Crippen LogP contribution in [0.5, 0.6) is 0 Å². The van der Waals surface area contributed by atoms with E-state index in [4.69, 9.17) is 4.74 Å². The molecule has 4 nitrogen and oxygen atoms in total. The minimum Gasteiger partial charge on any atom is -0.450 e. The third-order valence-corrected chi connectivity index (χ3v) is 3.25. The largest absolute Gasteiger partial charge is 0.450 e. The molecule has 96 valence electrons. The molecule has 0 radical (unpaired) electrons. The molecule has 1 fully saturated rings. The van der Waals surface area contributed by atoms with Crippen LogP contribution in [0.1, 0.15) is 6.92 Å². The fourth-order valence-corrected chi connectivity index (χ4v) is 2.27. The Hall–Kier alpha value is -1.29. The van der Waals surface area contributed by atoms with Crippen LogP contribution in [0.15, 0.2) is 25.3 Å². The first-order chi connectivity index (χ1) is 8.17. The third-order valence-electron chi connectivity index (χ3n) is 3.25. The number of carbonyl (C=O) groups excluding carboxylic acids is 1. The van der Waals surface area contributed by atoms with E-state index in [1.165, 1.54) is 0 Å². The summed E-state index contributed by atoms with van der Waals surface area (Å²) in [6, 6.07) is 0. The molecule has 1 heterocycles. The van der Waals surface area contributed by atoms with Crippen LogP contribution in [-0.2, 0) is 4.74 Å². The maximum Gasteiger partial charge on any atom is 0.410 e. The van der Waals surface area contributed by atoms with Gasteiger partial charge >= 0.3 is 6.09 Å². The number of ether oxygens (including phenoxy) is 1. The molecule has 1 aliphatic heterocycles. The Morgan fingerprint density at radius 3 is 2.24 bits per heavy atom. The topological polar surface area (TPSA) is 29.5 Å². The van der Waals surface area contributed by atoms with E-state index in [9.17, 15) is 4.79 Å². The minimum absolute atomic E-state index is 0.192. The highest BCUT2D eigenvalue weighted by Gasteiger charge is 2.32. The molecular formula is C13H23N2O2+. The molecule has 1 rings (SSSR count). The summed E-state index contributed by atoms with van der Waals surface area (Å²) in [6.45, 7) is 15.1. The van der Waals surface area contributed by atoms with Gasteiger partial charge in [0, 0.05) is 0 Å². The van der Waals surface area contributed by atoms with Gasteiger partial charge in [0.2, 0.25) is 0 Å². The summed E-state index contributed by atoms with van der Waals surface area (Å²) in [6.07, 6.45) is 3.70. The molecule has 1 saturated heterocycles. The van der Waals surface area contributed by atoms with Crippen molar-refractivity contribution in [1.29, 1.82) is 0 Å². The van der Waals surface area contributed by atoms with Gasteiger partial charge in [-0.3, -0.25) is 4.90 Å². The molecule has 0 unspecified atom stereocenters. The third kappa shape index (κ3) is 3.60. The lowest BCUT2D eigenvalue weighted by atomic mass is 10.2. The van der Waals surface area contributed by atoms with Crippen LogP contribution in [-0.4, -0.2) is 61.4 Å². The molecule has 0 atom stereocenters.